The molecule has 2 aromatic rings. The Hall–Kier alpha value is -3.10. The predicted molar refractivity (Wildman–Crippen MR) is 143 cm³/mol. The van der Waals surface area contributed by atoms with E-state index in [0.29, 0.717) is 28.1 Å². The smallest absolute Gasteiger partial charge is 0.279 e. The molecule has 0 saturated carbocycles. The van der Waals surface area contributed by atoms with E-state index in [0.717, 1.165) is 42.1 Å². The Kier molecular flexibility index (Phi) is 7.93. The fourth-order valence-electron chi connectivity index (χ4n) is 4.37. The van der Waals surface area contributed by atoms with E-state index in [2.05, 4.69) is 45.0 Å². The Morgan fingerprint density at radius 2 is 1.91 bits per heavy atom. The van der Waals surface area contributed by atoms with Crippen LogP contribution in [0.25, 0.3) is 0 Å². The lowest BCUT2D eigenvalue weighted by molar-refractivity contribution is -0.496. The molecule has 8 nitrogen and oxygen atoms in total. The maximum atomic E-state index is 12.6. The molecule has 1 fully saturated rings. The number of nitrogens with one attached hydrogen (secondary N) is 3. The summed E-state index contributed by atoms with van der Waals surface area (Å²) in [5, 5.41) is 10.3. The minimum Gasteiger partial charge on any atom is -0.495 e. The largest absolute Gasteiger partial charge is 0.495 e. The number of rotatable bonds is 8. The van der Waals surface area contributed by atoms with E-state index in [-0.39, 0.29) is 6.04 Å². The van der Waals surface area contributed by atoms with Crippen molar-refractivity contribution in [3.05, 3.63) is 63.8 Å². The molecule has 35 heavy (non-hydrogen) atoms. The van der Waals surface area contributed by atoms with E-state index >= 15 is 0 Å². The highest BCUT2D eigenvalue weighted by Gasteiger charge is 2.25. The number of nitrogens with zero attached hydrogens (tertiary/aromatic N) is 3. The average Bonchev–Trinajstić information content (AvgIpc) is 2.86. The van der Waals surface area contributed by atoms with Gasteiger partial charge in [0.25, 0.3) is 5.69 Å². The highest BCUT2D eigenvalue weighted by Crippen LogP contribution is 2.34. The van der Waals surface area contributed by atoms with Gasteiger partial charge in [-0.1, -0.05) is 29.8 Å². The summed E-state index contributed by atoms with van der Waals surface area (Å²) >= 11 is 6.43. The SMILES string of the molecule is COc1cc(C2CCN(C)CC2)ccc1NC1N=CC(Cl)=C(Nc2ccccc2[N+](=O)C(C)C)N1. The first-order valence-electron chi connectivity index (χ1n) is 12.0. The number of halogens is 1. The van der Waals surface area contributed by atoms with Crippen LogP contribution in [0, 0.1) is 4.91 Å². The molecule has 2 heterocycles. The van der Waals surface area contributed by atoms with E-state index in [1.807, 2.05) is 38.1 Å². The van der Waals surface area contributed by atoms with Gasteiger partial charge in [-0.2, -0.15) is 0 Å². The number of likely N-dealkylation sites (tertiary alicyclic amines) is 1. The minimum atomic E-state index is -0.469. The molecule has 0 radical (unpaired) electrons. The van der Waals surface area contributed by atoms with Crippen LogP contribution in [-0.4, -0.2) is 55.5 Å². The van der Waals surface area contributed by atoms with Gasteiger partial charge in [-0.05, 0) is 62.7 Å². The van der Waals surface area contributed by atoms with E-state index < -0.39 is 6.29 Å². The van der Waals surface area contributed by atoms with Crippen LogP contribution in [0.15, 0.2) is 58.3 Å². The number of hydrogen-bond acceptors (Lipinski definition) is 7. The molecule has 3 N–H and O–H groups in total. The van der Waals surface area contributed by atoms with Crippen molar-refractivity contribution in [2.45, 2.75) is 44.9 Å². The van der Waals surface area contributed by atoms with Gasteiger partial charge in [0.2, 0.25) is 6.04 Å². The number of allylic oxidation sites excluding steroid dienone is 1. The van der Waals surface area contributed by atoms with E-state index in [9.17, 15) is 4.91 Å². The fourth-order valence-corrected chi connectivity index (χ4v) is 4.53. The van der Waals surface area contributed by atoms with Gasteiger partial charge < -0.3 is 25.6 Å². The summed E-state index contributed by atoms with van der Waals surface area (Å²) in [5.41, 5.74) is 3.34. The number of anilines is 2. The zero-order valence-electron chi connectivity index (χ0n) is 20.7. The van der Waals surface area contributed by atoms with Gasteiger partial charge in [-0.25, -0.2) is 4.99 Å². The molecule has 0 aliphatic carbocycles. The van der Waals surface area contributed by atoms with Gasteiger partial charge >= 0.3 is 0 Å². The van der Waals surface area contributed by atoms with Gasteiger partial charge in [-0.3, -0.25) is 0 Å². The topological polar surface area (TPSA) is 81.0 Å². The van der Waals surface area contributed by atoms with Crippen LogP contribution >= 0.6 is 11.6 Å². The third-order valence-corrected chi connectivity index (χ3v) is 6.72. The number of para-hydroxylation sites is 2. The molecule has 0 bridgehead atoms. The Bertz CT molecular complexity index is 1120. The van der Waals surface area contributed by atoms with Crippen molar-refractivity contribution >= 4 is 34.9 Å². The molecule has 9 heteroatoms. The van der Waals surface area contributed by atoms with Crippen LogP contribution < -0.4 is 20.7 Å². The standard InChI is InChI=1S/C26H34ClN6O2/c1-17(2)33(34)23-8-6-5-7-21(23)29-25-20(27)16-28-26(31-25)30-22-10-9-19(15-24(22)35-4)18-11-13-32(3)14-12-18/h5-10,15-18,26,29-31H,11-14H2,1-4H3/q+1. The van der Waals surface area contributed by atoms with E-state index in [1.165, 1.54) is 5.56 Å². The summed E-state index contributed by atoms with van der Waals surface area (Å²) in [4.78, 5) is 19.4. The quantitative estimate of drug-likeness (QED) is 0.434. The summed E-state index contributed by atoms with van der Waals surface area (Å²) in [6.45, 7) is 5.93. The van der Waals surface area contributed by atoms with Gasteiger partial charge in [0.15, 0.2) is 6.29 Å². The molecule has 4 rings (SSSR count). The van der Waals surface area contributed by atoms with Crippen LogP contribution in [0.2, 0.25) is 0 Å². The van der Waals surface area contributed by atoms with Crippen molar-refractivity contribution in [3.8, 4) is 5.75 Å². The summed E-state index contributed by atoms with van der Waals surface area (Å²) in [6, 6.07) is 13.5. The van der Waals surface area contributed by atoms with Crippen molar-refractivity contribution < 1.29 is 9.50 Å². The predicted octanol–water partition coefficient (Wildman–Crippen LogP) is 5.21. The minimum absolute atomic E-state index is 0.192. The van der Waals surface area contributed by atoms with Gasteiger partial charge in [0.05, 0.1) is 17.8 Å². The summed E-state index contributed by atoms with van der Waals surface area (Å²) < 4.78 is 6.67. The monoisotopic (exact) mass is 497 g/mol. The second-order valence-electron chi connectivity index (χ2n) is 9.29. The Balaban J connectivity index is 1.47. The maximum absolute atomic E-state index is 12.6. The molecule has 0 spiro atoms. The van der Waals surface area contributed by atoms with E-state index in [1.54, 1.807) is 19.4 Å². The third kappa shape index (κ3) is 5.94. The molecule has 1 unspecified atom stereocenters. The van der Waals surface area contributed by atoms with Crippen LogP contribution in [0.4, 0.5) is 17.1 Å². The first kappa shape index (κ1) is 25.0. The highest BCUT2D eigenvalue weighted by molar-refractivity contribution is 6.40. The number of benzene rings is 2. The third-order valence-electron chi connectivity index (χ3n) is 6.43. The molecule has 2 aliphatic rings. The highest BCUT2D eigenvalue weighted by atomic mass is 35.5. The summed E-state index contributed by atoms with van der Waals surface area (Å²) in [7, 11) is 3.85. The number of aliphatic imine (C=N–C) groups is 1. The Morgan fingerprint density at radius 1 is 1.17 bits per heavy atom. The van der Waals surface area contributed by atoms with Crippen LogP contribution in [0.5, 0.6) is 5.75 Å². The van der Waals surface area contributed by atoms with Gasteiger partial charge in [0, 0.05) is 35.8 Å². The van der Waals surface area contributed by atoms with Gasteiger partial charge in [0.1, 0.15) is 17.3 Å². The normalized spacial score (nSPS) is 19.0. The lowest BCUT2D eigenvalue weighted by Gasteiger charge is -2.30. The number of hydrogen-bond donors (Lipinski definition) is 3. The van der Waals surface area contributed by atoms with Crippen molar-refractivity contribution in [1.82, 2.24) is 10.2 Å². The van der Waals surface area contributed by atoms with Crippen LogP contribution in [0.3, 0.4) is 0 Å². The van der Waals surface area contributed by atoms with Crippen molar-refractivity contribution in [3.63, 3.8) is 0 Å². The van der Waals surface area contributed by atoms with Gasteiger partial charge in [-0.15, -0.1) is 0 Å². The number of nitroso groups, excluding NO2 is 1. The van der Waals surface area contributed by atoms with Crippen molar-refractivity contribution in [2.24, 2.45) is 4.99 Å². The van der Waals surface area contributed by atoms with Crippen LogP contribution in [0.1, 0.15) is 38.2 Å². The van der Waals surface area contributed by atoms with Crippen molar-refractivity contribution in [1.29, 1.82) is 0 Å². The van der Waals surface area contributed by atoms with E-state index in [4.69, 9.17) is 16.3 Å². The average molecular weight is 498 g/mol. The number of ether oxygens (including phenoxy) is 1. The second kappa shape index (κ2) is 11.1. The first-order valence-corrected chi connectivity index (χ1v) is 12.4. The molecule has 186 valence electrons. The molecule has 0 amide bonds. The summed E-state index contributed by atoms with van der Waals surface area (Å²) in [5.74, 6) is 1.88. The second-order valence-corrected chi connectivity index (χ2v) is 9.70. The Morgan fingerprint density at radius 3 is 2.63 bits per heavy atom. The Labute approximate surface area is 212 Å². The summed E-state index contributed by atoms with van der Waals surface area (Å²) in [6.07, 6.45) is 3.43. The molecule has 1 atom stereocenters. The number of piperidine rings is 1. The lowest BCUT2D eigenvalue weighted by atomic mass is 9.89. The lowest BCUT2D eigenvalue weighted by Crippen LogP contribution is -2.39. The molecular weight excluding hydrogens is 464 g/mol. The maximum Gasteiger partial charge on any atom is 0.279 e. The molecule has 2 aliphatic heterocycles. The fraction of sp³-hybridized carbons (Fsp3) is 0.423. The number of methoxy groups -OCH3 is 1. The zero-order chi connectivity index (χ0) is 24.9. The molecule has 0 aromatic heterocycles. The zero-order valence-corrected chi connectivity index (χ0v) is 21.5. The van der Waals surface area contributed by atoms with Crippen molar-refractivity contribution in [2.75, 3.05) is 37.9 Å². The molecule has 2 aromatic carbocycles. The molecule has 1 saturated heterocycles. The first-order chi connectivity index (χ1) is 16.9. The molecular formula is C26H34ClN6O2+. The van der Waals surface area contributed by atoms with Crippen LogP contribution in [-0.2, 0) is 0 Å².